The number of benzene rings is 1. The Hall–Kier alpha value is -0.770. The predicted molar refractivity (Wildman–Crippen MR) is 85.2 cm³/mol. The minimum Gasteiger partial charge on any atom is -0.349 e. The second kappa shape index (κ2) is 7.30. The molecule has 20 heavy (non-hydrogen) atoms. The summed E-state index contributed by atoms with van der Waals surface area (Å²) in [7, 11) is 0. The standard InChI is InChI=1S/C15H21ClN2O.ClH/c1-11(12-5-4-6-13(16)9-12)18-14(19)15(10-17)7-2-3-8-15;/h4-6,9,11H,2-3,7-8,10,17H2,1H3,(H,18,19);1H/t11-;/m1./s1. The maximum Gasteiger partial charge on any atom is 0.227 e. The highest BCUT2D eigenvalue weighted by molar-refractivity contribution is 6.30. The summed E-state index contributed by atoms with van der Waals surface area (Å²) in [6, 6.07) is 7.54. The van der Waals surface area contributed by atoms with E-state index in [0.717, 1.165) is 31.2 Å². The minimum atomic E-state index is -0.354. The molecule has 5 heteroatoms. The van der Waals surface area contributed by atoms with Gasteiger partial charge in [0.05, 0.1) is 11.5 Å². The minimum absolute atomic E-state index is 0. The van der Waals surface area contributed by atoms with E-state index in [1.165, 1.54) is 0 Å². The normalized spacial score (nSPS) is 18.1. The van der Waals surface area contributed by atoms with E-state index in [-0.39, 0.29) is 29.8 Å². The fraction of sp³-hybridized carbons (Fsp3) is 0.533. The van der Waals surface area contributed by atoms with Gasteiger partial charge in [-0.3, -0.25) is 4.79 Å². The van der Waals surface area contributed by atoms with Gasteiger partial charge in [-0.1, -0.05) is 36.6 Å². The molecular formula is C15H22Cl2N2O. The van der Waals surface area contributed by atoms with Crippen LogP contribution in [0.4, 0.5) is 0 Å². The summed E-state index contributed by atoms with van der Waals surface area (Å²) in [5.74, 6) is 0.0833. The topological polar surface area (TPSA) is 55.1 Å². The van der Waals surface area contributed by atoms with Gasteiger partial charge in [-0.15, -0.1) is 12.4 Å². The maximum atomic E-state index is 12.4. The Morgan fingerprint density at radius 3 is 2.65 bits per heavy atom. The number of nitrogens with one attached hydrogen (secondary N) is 1. The Labute approximate surface area is 131 Å². The van der Waals surface area contributed by atoms with Crippen LogP contribution in [0.15, 0.2) is 24.3 Å². The molecule has 0 unspecified atom stereocenters. The summed E-state index contributed by atoms with van der Waals surface area (Å²) in [6.45, 7) is 2.41. The lowest BCUT2D eigenvalue weighted by Crippen LogP contribution is -2.44. The molecule has 0 spiro atoms. The Kier molecular flexibility index (Phi) is 6.31. The number of carbonyl (C=O) groups is 1. The van der Waals surface area contributed by atoms with Crippen LogP contribution < -0.4 is 11.1 Å². The Morgan fingerprint density at radius 2 is 2.10 bits per heavy atom. The van der Waals surface area contributed by atoms with Crippen LogP contribution in [0.1, 0.15) is 44.2 Å². The number of hydrogen-bond acceptors (Lipinski definition) is 2. The van der Waals surface area contributed by atoms with Crippen LogP contribution in [-0.4, -0.2) is 12.5 Å². The van der Waals surface area contributed by atoms with Gasteiger partial charge in [0.15, 0.2) is 0 Å². The fourth-order valence-electron chi connectivity index (χ4n) is 2.78. The van der Waals surface area contributed by atoms with Gasteiger partial charge in [-0.05, 0) is 37.5 Å². The van der Waals surface area contributed by atoms with E-state index < -0.39 is 0 Å². The summed E-state index contributed by atoms with van der Waals surface area (Å²) in [4.78, 5) is 12.4. The molecule has 1 atom stereocenters. The number of amides is 1. The molecule has 1 fully saturated rings. The SMILES string of the molecule is C[C@@H](NC(=O)C1(CN)CCCC1)c1cccc(Cl)c1.Cl. The number of carbonyl (C=O) groups excluding carboxylic acids is 1. The zero-order valence-corrected chi connectivity index (χ0v) is 13.3. The summed E-state index contributed by atoms with van der Waals surface area (Å²) < 4.78 is 0. The molecule has 0 aromatic heterocycles. The second-order valence-corrected chi connectivity index (χ2v) is 5.88. The third-order valence-corrected chi connectivity index (χ3v) is 4.36. The molecule has 0 aliphatic heterocycles. The van der Waals surface area contributed by atoms with Crippen molar-refractivity contribution in [2.45, 2.75) is 38.6 Å². The number of hydrogen-bond donors (Lipinski definition) is 2. The van der Waals surface area contributed by atoms with E-state index in [1.807, 2.05) is 31.2 Å². The maximum absolute atomic E-state index is 12.4. The van der Waals surface area contributed by atoms with Crippen LogP contribution in [0.3, 0.4) is 0 Å². The zero-order chi connectivity index (χ0) is 13.9. The van der Waals surface area contributed by atoms with E-state index in [4.69, 9.17) is 17.3 Å². The first-order valence-corrected chi connectivity index (χ1v) is 7.22. The summed E-state index contributed by atoms with van der Waals surface area (Å²) in [5.41, 5.74) is 6.49. The Balaban J connectivity index is 0.00000200. The highest BCUT2D eigenvalue weighted by Gasteiger charge is 2.40. The first-order valence-electron chi connectivity index (χ1n) is 6.84. The van der Waals surface area contributed by atoms with Crippen LogP contribution in [0.2, 0.25) is 5.02 Å². The molecular weight excluding hydrogens is 295 g/mol. The summed E-state index contributed by atoms with van der Waals surface area (Å²) in [6.07, 6.45) is 3.99. The van der Waals surface area contributed by atoms with Gasteiger partial charge in [0.1, 0.15) is 0 Å². The third kappa shape index (κ3) is 3.66. The second-order valence-electron chi connectivity index (χ2n) is 5.44. The van der Waals surface area contributed by atoms with Gasteiger partial charge in [-0.2, -0.15) is 0 Å². The lowest BCUT2D eigenvalue weighted by atomic mass is 9.85. The number of nitrogens with two attached hydrogens (primary N) is 1. The van der Waals surface area contributed by atoms with Gasteiger partial charge in [-0.25, -0.2) is 0 Å². The molecule has 3 nitrogen and oxygen atoms in total. The quantitative estimate of drug-likeness (QED) is 0.893. The van der Waals surface area contributed by atoms with Crippen molar-refractivity contribution in [1.29, 1.82) is 0 Å². The molecule has 0 bridgehead atoms. The van der Waals surface area contributed by atoms with E-state index in [0.29, 0.717) is 11.6 Å². The van der Waals surface area contributed by atoms with Crippen LogP contribution in [0.25, 0.3) is 0 Å². The van der Waals surface area contributed by atoms with Gasteiger partial charge in [0, 0.05) is 11.6 Å². The van der Waals surface area contributed by atoms with E-state index in [1.54, 1.807) is 0 Å². The van der Waals surface area contributed by atoms with Crippen LogP contribution in [0.5, 0.6) is 0 Å². The van der Waals surface area contributed by atoms with Crippen molar-refractivity contribution in [3.63, 3.8) is 0 Å². The van der Waals surface area contributed by atoms with Crippen molar-refractivity contribution < 1.29 is 4.79 Å². The third-order valence-electron chi connectivity index (χ3n) is 4.13. The lowest BCUT2D eigenvalue weighted by molar-refractivity contribution is -0.131. The van der Waals surface area contributed by atoms with Crippen LogP contribution >= 0.6 is 24.0 Å². The van der Waals surface area contributed by atoms with Crippen LogP contribution in [0, 0.1) is 5.41 Å². The summed E-state index contributed by atoms with van der Waals surface area (Å²) >= 11 is 5.97. The van der Waals surface area contributed by atoms with Gasteiger partial charge >= 0.3 is 0 Å². The average molecular weight is 317 g/mol. The Morgan fingerprint density at radius 1 is 1.45 bits per heavy atom. The van der Waals surface area contributed by atoms with Crippen molar-refractivity contribution in [2.75, 3.05) is 6.54 Å². The van der Waals surface area contributed by atoms with Gasteiger partial charge in [0.2, 0.25) is 5.91 Å². The molecule has 1 aliphatic carbocycles. The highest BCUT2D eigenvalue weighted by atomic mass is 35.5. The molecule has 0 radical (unpaired) electrons. The van der Waals surface area contributed by atoms with Crippen molar-refractivity contribution in [2.24, 2.45) is 11.1 Å². The van der Waals surface area contributed by atoms with E-state index in [9.17, 15) is 4.79 Å². The molecule has 112 valence electrons. The van der Waals surface area contributed by atoms with Crippen molar-refractivity contribution in [3.8, 4) is 0 Å². The molecule has 3 N–H and O–H groups in total. The van der Waals surface area contributed by atoms with Gasteiger partial charge < -0.3 is 11.1 Å². The Bertz CT molecular complexity index is 459. The van der Waals surface area contributed by atoms with Crippen molar-refractivity contribution in [1.82, 2.24) is 5.32 Å². The highest BCUT2D eigenvalue weighted by Crippen LogP contribution is 2.37. The molecule has 1 amide bonds. The number of halogens is 2. The van der Waals surface area contributed by atoms with Gasteiger partial charge in [0.25, 0.3) is 0 Å². The smallest absolute Gasteiger partial charge is 0.227 e. The van der Waals surface area contributed by atoms with Crippen LogP contribution in [-0.2, 0) is 4.79 Å². The first kappa shape index (κ1) is 17.3. The fourth-order valence-corrected chi connectivity index (χ4v) is 2.98. The van der Waals surface area contributed by atoms with Crippen molar-refractivity contribution in [3.05, 3.63) is 34.9 Å². The average Bonchev–Trinajstić information content (AvgIpc) is 2.88. The molecule has 2 rings (SSSR count). The molecule has 0 heterocycles. The van der Waals surface area contributed by atoms with E-state index >= 15 is 0 Å². The molecule has 1 aromatic carbocycles. The molecule has 1 aliphatic rings. The first-order chi connectivity index (χ1) is 9.07. The predicted octanol–water partition coefficient (Wildman–Crippen LogP) is 3.46. The molecule has 0 saturated heterocycles. The molecule has 1 saturated carbocycles. The lowest BCUT2D eigenvalue weighted by Gasteiger charge is -2.28. The molecule has 1 aromatic rings. The largest absolute Gasteiger partial charge is 0.349 e. The monoisotopic (exact) mass is 316 g/mol. The van der Waals surface area contributed by atoms with E-state index in [2.05, 4.69) is 5.32 Å². The van der Waals surface area contributed by atoms with Crippen molar-refractivity contribution >= 4 is 29.9 Å². The number of rotatable bonds is 4. The summed E-state index contributed by atoms with van der Waals surface area (Å²) in [5, 5.41) is 3.77. The zero-order valence-electron chi connectivity index (χ0n) is 11.7.